The Bertz CT molecular complexity index is 455. The molecule has 1 aromatic heterocycles. The summed E-state index contributed by atoms with van der Waals surface area (Å²) in [6.07, 6.45) is 0.606. The van der Waals surface area contributed by atoms with E-state index in [9.17, 15) is 4.79 Å². The summed E-state index contributed by atoms with van der Waals surface area (Å²) in [5, 5.41) is 12.8. The summed E-state index contributed by atoms with van der Waals surface area (Å²) in [5.41, 5.74) is -0.0608. The number of aliphatic carboxylic acids is 1. The first-order valence-corrected chi connectivity index (χ1v) is 7.10. The molecule has 106 valence electrons. The van der Waals surface area contributed by atoms with Crippen LogP contribution in [0.3, 0.4) is 0 Å². The Hall–Kier alpha value is -1.21. The van der Waals surface area contributed by atoms with E-state index in [1.807, 2.05) is 0 Å². The second-order valence-electron chi connectivity index (χ2n) is 5.72. The normalized spacial score (nSPS) is 23.5. The molecule has 1 aliphatic heterocycles. The number of carboxylic acid groups (broad SMARTS) is 1. The highest BCUT2D eigenvalue weighted by atomic mass is 32.1. The van der Waals surface area contributed by atoms with Crippen LogP contribution in [0.15, 0.2) is 0 Å². The van der Waals surface area contributed by atoms with Crippen molar-refractivity contribution >= 4 is 22.6 Å². The van der Waals surface area contributed by atoms with Crippen molar-refractivity contribution in [3.8, 4) is 0 Å². The van der Waals surface area contributed by atoms with Crippen molar-refractivity contribution in [1.29, 1.82) is 0 Å². The first kappa shape index (κ1) is 14.2. The molecular weight excluding hydrogens is 266 g/mol. The molecule has 7 heteroatoms. The van der Waals surface area contributed by atoms with E-state index in [4.69, 9.17) is 9.84 Å². The molecule has 0 spiro atoms. The van der Waals surface area contributed by atoms with Crippen LogP contribution in [0.1, 0.15) is 39.4 Å². The van der Waals surface area contributed by atoms with Gasteiger partial charge in [-0.15, -0.1) is 0 Å². The smallest absolute Gasteiger partial charge is 0.332 e. The third-order valence-electron chi connectivity index (χ3n) is 2.96. The highest BCUT2D eigenvalue weighted by molar-refractivity contribution is 7.09. The van der Waals surface area contributed by atoms with Gasteiger partial charge < -0.3 is 15.2 Å². The van der Waals surface area contributed by atoms with Crippen LogP contribution in [-0.4, -0.2) is 39.2 Å². The minimum atomic E-state index is -0.881. The molecule has 1 aliphatic rings. The lowest BCUT2D eigenvalue weighted by Crippen LogP contribution is -2.24. The molecule has 0 radical (unpaired) electrons. The number of carbonyl (C=O) groups is 1. The molecule has 2 rings (SSSR count). The molecule has 6 nitrogen and oxygen atoms in total. The topological polar surface area (TPSA) is 84.3 Å². The Morgan fingerprint density at radius 1 is 1.53 bits per heavy atom. The average Bonchev–Trinajstić information content (AvgIpc) is 2.95. The number of hydrogen-bond acceptors (Lipinski definition) is 6. The fourth-order valence-electron chi connectivity index (χ4n) is 1.84. The van der Waals surface area contributed by atoms with Crippen molar-refractivity contribution in [2.24, 2.45) is 0 Å². The number of nitrogens with zero attached hydrogens (tertiary/aromatic N) is 2. The zero-order valence-corrected chi connectivity index (χ0v) is 12.2. The molecule has 0 aromatic carbocycles. The van der Waals surface area contributed by atoms with E-state index in [1.165, 1.54) is 11.5 Å². The summed E-state index contributed by atoms with van der Waals surface area (Å²) in [7, 11) is 0. The molecule has 2 unspecified atom stereocenters. The van der Waals surface area contributed by atoms with Gasteiger partial charge in [0.15, 0.2) is 6.10 Å². The van der Waals surface area contributed by atoms with Crippen LogP contribution in [0.2, 0.25) is 0 Å². The van der Waals surface area contributed by atoms with Gasteiger partial charge in [0, 0.05) is 23.5 Å². The van der Waals surface area contributed by atoms with Gasteiger partial charge in [-0.3, -0.25) is 0 Å². The first-order chi connectivity index (χ1) is 8.86. The predicted octanol–water partition coefficient (Wildman–Crippen LogP) is 1.88. The summed E-state index contributed by atoms with van der Waals surface area (Å²) in [6, 6.07) is 0. The minimum absolute atomic E-state index is 0.0608. The molecule has 0 bridgehead atoms. The van der Waals surface area contributed by atoms with E-state index in [0.29, 0.717) is 13.0 Å². The second-order valence-corrected chi connectivity index (χ2v) is 6.47. The minimum Gasteiger partial charge on any atom is -0.479 e. The van der Waals surface area contributed by atoms with Crippen LogP contribution in [0, 0.1) is 0 Å². The quantitative estimate of drug-likeness (QED) is 0.878. The van der Waals surface area contributed by atoms with Gasteiger partial charge in [-0.05, 0) is 12.8 Å². The van der Waals surface area contributed by atoms with Crippen LogP contribution < -0.4 is 5.32 Å². The van der Waals surface area contributed by atoms with Gasteiger partial charge in [0.1, 0.15) is 5.82 Å². The maximum Gasteiger partial charge on any atom is 0.332 e. The third kappa shape index (κ3) is 3.63. The van der Waals surface area contributed by atoms with Gasteiger partial charge in [0.25, 0.3) is 0 Å². The fourth-order valence-corrected chi connectivity index (χ4v) is 2.60. The van der Waals surface area contributed by atoms with Gasteiger partial charge in [-0.25, -0.2) is 9.78 Å². The second kappa shape index (κ2) is 5.42. The summed E-state index contributed by atoms with van der Waals surface area (Å²) >= 11 is 1.32. The van der Waals surface area contributed by atoms with Crippen LogP contribution in [0.25, 0.3) is 0 Å². The number of anilines is 1. The molecular formula is C12H19N3O3S. The Morgan fingerprint density at radius 3 is 2.79 bits per heavy atom. The number of aromatic nitrogens is 2. The van der Waals surface area contributed by atoms with Crippen LogP contribution in [0.5, 0.6) is 0 Å². The average molecular weight is 285 g/mol. The molecule has 1 aromatic rings. The molecule has 2 N–H and O–H groups in total. The number of hydrogen-bond donors (Lipinski definition) is 2. The summed E-state index contributed by atoms with van der Waals surface area (Å²) in [4.78, 5) is 15.2. The molecule has 1 saturated heterocycles. The SMILES string of the molecule is CC(C)(C)c1nsc(NCC2CCC(C(=O)O)O2)n1. The molecule has 0 aliphatic carbocycles. The van der Waals surface area contributed by atoms with E-state index in [0.717, 1.165) is 17.4 Å². The van der Waals surface area contributed by atoms with Crippen molar-refractivity contribution in [2.45, 2.75) is 51.2 Å². The van der Waals surface area contributed by atoms with Gasteiger partial charge in [0.2, 0.25) is 5.13 Å². The number of rotatable bonds is 4. The molecule has 19 heavy (non-hydrogen) atoms. The highest BCUT2D eigenvalue weighted by Crippen LogP contribution is 2.24. The summed E-state index contributed by atoms with van der Waals surface area (Å²) in [6.45, 7) is 6.77. The fraction of sp³-hybridized carbons (Fsp3) is 0.750. The molecule has 1 fully saturated rings. The zero-order valence-electron chi connectivity index (χ0n) is 11.3. The lowest BCUT2D eigenvalue weighted by Gasteiger charge is -2.13. The maximum absolute atomic E-state index is 10.8. The number of nitrogens with one attached hydrogen (secondary N) is 1. The lowest BCUT2D eigenvalue weighted by atomic mass is 9.96. The summed E-state index contributed by atoms with van der Waals surface area (Å²) < 4.78 is 9.72. The Morgan fingerprint density at radius 2 is 2.26 bits per heavy atom. The van der Waals surface area contributed by atoms with Crippen LogP contribution >= 0.6 is 11.5 Å². The van der Waals surface area contributed by atoms with E-state index in [-0.39, 0.29) is 11.5 Å². The van der Waals surface area contributed by atoms with Crippen molar-refractivity contribution in [3.63, 3.8) is 0 Å². The standard InChI is InChI=1S/C12H19N3O3S/c1-12(2,3)10-14-11(19-15-10)13-6-7-4-5-8(18-7)9(16)17/h7-8H,4-6H2,1-3H3,(H,16,17)(H,13,14,15). The van der Waals surface area contributed by atoms with Crippen molar-refractivity contribution < 1.29 is 14.6 Å². The Kier molecular flexibility index (Phi) is 4.05. The summed E-state index contributed by atoms with van der Waals surface area (Å²) in [5.74, 6) is -0.0656. The Balaban J connectivity index is 1.83. The Labute approximate surface area is 116 Å². The van der Waals surface area contributed by atoms with Crippen LogP contribution in [0.4, 0.5) is 5.13 Å². The third-order valence-corrected chi connectivity index (χ3v) is 3.63. The zero-order chi connectivity index (χ0) is 14.0. The number of carboxylic acids is 1. The van der Waals surface area contributed by atoms with Gasteiger partial charge in [-0.2, -0.15) is 4.37 Å². The van der Waals surface area contributed by atoms with Crippen LogP contribution in [-0.2, 0) is 14.9 Å². The maximum atomic E-state index is 10.8. The van der Waals surface area contributed by atoms with Crippen molar-refractivity contribution in [1.82, 2.24) is 9.36 Å². The largest absolute Gasteiger partial charge is 0.479 e. The van der Waals surface area contributed by atoms with Gasteiger partial charge >= 0.3 is 5.97 Å². The molecule has 2 heterocycles. The monoisotopic (exact) mass is 285 g/mol. The van der Waals surface area contributed by atoms with Gasteiger partial charge in [0.05, 0.1) is 6.10 Å². The molecule has 0 saturated carbocycles. The van der Waals surface area contributed by atoms with E-state index < -0.39 is 12.1 Å². The van der Waals surface area contributed by atoms with E-state index in [1.54, 1.807) is 0 Å². The van der Waals surface area contributed by atoms with E-state index >= 15 is 0 Å². The van der Waals surface area contributed by atoms with Crippen molar-refractivity contribution in [2.75, 3.05) is 11.9 Å². The molecule has 0 amide bonds. The number of ether oxygens (including phenoxy) is 1. The highest BCUT2D eigenvalue weighted by Gasteiger charge is 2.30. The van der Waals surface area contributed by atoms with Crippen molar-refractivity contribution in [3.05, 3.63) is 5.82 Å². The lowest BCUT2D eigenvalue weighted by molar-refractivity contribution is -0.149. The van der Waals surface area contributed by atoms with E-state index in [2.05, 4.69) is 35.4 Å². The molecule has 2 atom stereocenters. The van der Waals surface area contributed by atoms with Gasteiger partial charge in [-0.1, -0.05) is 20.8 Å². The predicted molar refractivity (Wildman–Crippen MR) is 72.6 cm³/mol. The first-order valence-electron chi connectivity index (χ1n) is 6.32.